The fraction of sp³-hybridized carbons (Fsp3) is 0.143. The maximum absolute atomic E-state index is 6.85. The first-order valence-corrected chi connectivity index (χ1v) is 12.8. The largest absolute Gasteiger partial charge is 1.00 e. The topological polar surface area (TPSA) is 9.23 Å². The van der Waals surface area contributed by atoms with Gasteiger partial charge in [-0.05, 0) is 33.4 Å². The van der Waals surface area contributed by atoms with Crippen LogP contribution in [0.25, 0.3) is 18.2 Å². The van der Waals surface area contributed by atoms with Gasteiger partial charge >= 0.3 is 18.9 Å². The molecule has 0 saturated carbocycles. The van der Waals surface area contributed by atoms with Gasteiger partial charge in [0, 0.05) is 23.7 Å². The minimum Gasteiger partial charge on any atom is -0.417 e. The van der Waals surface area contributed by atoms with Gasteiger partial charge in [0.05, 0.1) is 0 Å². The molecule has 0 bridgehead atoms. The van der Waals surface area contributed by atoms with Crippen LogP contribution in [0.1, 0.15) is 50.0 Å². The molecule has 0 N–H and O–H groups in total. The number of rotatable bonds is 4. The summed E-state index contributed by atoms with van der Waals surface area (Å²) < 4.78 is 6.85. The molecule has 0 saturated heterocycles. The first-order valence-electron chi connectivity index (χ1n) is 10.7. The summed E-state index contributed by atoms with van der Waals surface area (Å²) in [6.45, 7) is 0. The molecular formula is C28H24LiOSi+. The zero-order valence-electron chi connectivity index (χ0n) is 18.0. The number of benzene rings is 3. The van der Waals surface area contributed by atoms with Crippen molar-refractivity contribution in [1.82, 2.24) is 0 Å². The van der Waals surface area contributed by atoms with Gasteiger partial charge in [0.1, 0.15) is 0 Å². The van der Waals surface area contributed by atoms with E-state index >= 15 is 0 Å². The Morgan fingerprint density at radius 1 is 0.548 bits per heavy atom. The zero-order chi connectivity index (χ0) is 20.1. The minimum absolute atomic E-state index is 0. The first-order chi connectivity index (χ1) is 14.8. The van der Waals surface area contributed by atoms with Crippen molar-refractivity contribution in [3.05, 3.63) is 124 Å². The van der Waals surface area contributed by atoms with Gasteiger partial charge in [0.15, 0.2) is 0 Å². The fourth-order valence-electron chi connectivity index (χ4n) is 5.89. The van der Waals surface area contributed by atoms with E-state index in [2.05, 4.69) is 109 Å². The molecule has 1 nitrogen and oxygen atoms in total. The normalized spacial score (nSPS) is 23.7. The minimum atomic E-state index is -2.48. The van der Waals surface area contributed by atoms with Gasteiger partial charge < -0.3 is 4.43 Å². The average Bonchev–Trinajstić information content (AvgIpc) is 3.53. The Balaban J connectivity index is 0.00000204. The third-order valence-electron chi connectivity index (χ3n) is 7.21. The van der Waals surface area contributed by atoms with Crippen LogP contribution in [0, 0.1) is 0 Å². The van der Waals surface area contributed by atoms with Crippen molar-refractivity contribution >= 4 is 26.5 Å². The van der Waals surface area contributed by atoms with E-state index in [4.69, 9.17) is 4.43 Å². The van der Waals surface area contributed by atoms with Gasteiger partial charge in [-0.2, -0.15) is 0 Å². The van der Waals surface area contributed by atoms with Crippen molar-refractivity contribution in [3.63, 3.8) is 0 Å². The number of hydrogen-bond donors (Lipinski definition) is 0. The summed E-state index contributed by atoms with van der Waals surface area (Å²) >= 11 is 0. The fourth-order valence-corrected chi connectivity index (χ4v) is 11.3. The molecule has 0 amide bonds. The van der Waals surface area contributed by atoms with Gasteiger partial charge in [0.25, 0.3) is 0 Å². The quantitative estimate of drug-likeness (QED) is 0.596. The summed E-state index contributed by atoms with van der Waals surface area (Å²) in [5.74, 6) is 0. The molecular weight excluding hydrogens is 387 g/mol. The van der Waals surface area contributed by atoms with Gasteiger partial charge in [-0.1, -0.05) is 109 Å². The second-order valence-electron chi connectivity index (χ2n) is 8.45. The van der Waals surface area contributed by atoms with E-state index in [-0.39, 0.29) is 18.9 Å². The molecule has 6 rings (SSSR count). The molecule has 0 aliphatic heterocycles. The molecule has 3 unspecified atom stereocenters. The average molecular weight is 412 g/mol. The van der Waals surface area contributed by atoms with Crippen LogP contribution in [0.3, 0.4) is 0 Å². The van der Waals surface area contributed by atoms with E-state index in [1.807, 2.05) is 7.11 Å². The third kappa shape index (κ3) is 2.94. The smallest absolute Gasteiger partial charge is 0.417 e. The van der Waals surface area contributed by atoms with Crippen LogP contribution in [0.5, 0.6) is 0 Å². The molecule has 0 fully saturated rings. The Morgan fingerprint density at radius 2 is 0.871 bits per heavy atom. The second kappa shape index (κ2) is 7.97. The Hall–Kier alpha value is -2.35. The third-order valence-corrected chi connectivity index (χ3v) is 12.3. The summed E-state index contributed by atoms with van der Waals surface area (Å²) in [5.41, 5.74) is 9.18. The molecule has 0 radical (unpaired) electrons. The molecule has 31 heavy (non-hydrogen) atoms. The molecule has 3 aromatic rings. The molecule has 146 valence electrons. The van der Waals surface area contributed by atoms with Crippen LogP contribution < -0.4 is 18.9 Å². The number of allylic oxidation sites excluding steroid dienone is 3. The second-order valence-corrected chi connectivity index (χ2v) is 12.4. The molecule has 3 aliphatic rings. The Bertz CT molecular complexity index is 1080. The Morgan fingerprint density at radius 3 is 1.19 bits per heavy atom. The summed E-state index contributed by atoms with van der Waals surface area (Å²) in [5, 5.41) is 0. The van der Waals surface area contributed by atoms with E-state index in [0.717, 1.165) is 0 Å². The van der Waals surface area contributed by atoms with Crippen molar-refractivity contribution in [2.24, 2.45) is 0 Å². The summed E-state index contributed by atoms with van der Waals surface area (Å²) in [4.78, 5) is 0. The molecule has 0 heterocycles. The molecule has 3 aromatic carbocycles. The van der Waals surface area contributed by atoms with Gasteiger partial charge in [-0.3, -0.25) is 0 Å². The molecule has 0 spiro atoms. The first kappa shape index (κ1) is 20.6. The molecule has 3 aliphatic carbocycles. The zero-order valence-corrected chi connectivity index (χ0v) is 19.0. The van der Waals surface area contributed by atoms with Crippen LogP contribution >= 0.6 is 0 Å². The molecule has 3 heteroatoms. The van der Waals surface area contributed by atoms with Crippen molar-refractivity contribution in [3.8, 4) is 0 Å². The van der Waals surface area contributed by atoms with E-state index in [0.29, 0.717) is 16.6 Å². The Labute approximate surface area is 197 Å². The molecule has 3 atom stereocenters. The molecule has 0 aromatic heterocycles. The van der Waals surface area contributed by atoms with Crippen molar-refractivity contribution in [1.29, 1.82) is 0 Å². The van der Waals surface area contributed by atoms with E-state index in [1.54, 1.807) is 0 Å². The van der Waals surface area contributed by atoms with Gasteiger partial charge in [-0.15, -0.1) is 0 Å². The maximum atomic E-state index is 6.85. The van der Waals surface area contributed by atoms with Gasteiger partial charge in [-0.25, -0.2) is 0 Å². The predicted molar refractivity (Wildman–Crippen MR) is 127 cm³/mol. The van der Waals surface area contributed by atoms with Gasteiger partial charge in [0.2, 0.25) is 8.32 Å². The number of fused-ring (bicyclic) bond motifs is 3. The monoisotopic (exact) mass is 411 g/mol. The summed E-state index contributed by atoms with van der Waals surface area (Å²) in [6.07, 6.45) is 14.2. The van der Waals surface area contributed by atoms with E-state index in [9.17, 15) is 0 Å². The van der Waals surface area contributed by atoms with E-state index in [1.165, 1.54) is 33.4 Å². The van der Waals surface area contributed by atoms with E-state index < -0.39 is 8.32 Å². The van der Waals surface area contributed by atoms with Crippen LogP contribution in [-0.4, -0.2) is 15.4 Å². The van der Waals surface area contributed by atoms with Crippen molar-refractivity contribution < 1.29 is 23.3 Å². The van der Waals surface area contributed by atoms with Crippen LogP contribution in [0.4, 0.5) is 0 Å². The van der Waals surface area contributed by atoms with Crippen molar-refractivity contribution in [2.45, 2.75) is 16.6 Å². The predicted octanol–water partition coefficient (Wildman–Crippen LogP) is 3.63. The summed E-state index contributed by atoms with van der Waals surface area (Å²) in [6, 6.07) is 26.5. The Kier molecular flexibility index (Phi) is 5.28. The standard InChI is InChI=1S/C28H24OSi.Li/c1-29-30(26-17-14-20-8-2-5-11-23(20)26,27-18-15-21-9-3-6-12-24(21)27)28-19-16-22-10-4-7-13-25(22)28;/h2-19,26-28H,1H3;/q;+1. The van der Waals surface area contributed by atoms with Crippen LogP contribution in [-0.2, 0) is 4.43 Å². The SMILES string of the molecule is CO[Si](C1C=Cc2ccccc21)(C1C=Cc2ccccc21)C1C=Cc2ccccc21.[Li+]. The van der Waals surface area contributed by atoms with Crippen LogP contribution in [0.15, 0.2) is 91.0 Å². The maximum Gasteiger partial charge on any atom is 1.00 e. The number of hydrogen-bond acceptors (Lipinski definition) is 1. The van der Waals surface area contributed by atoms with Crippen molar-refractivity contribution in [2.75, 3.05) is 7.11 Å². The summed E-state index contributed by atoms with van der Waals surface area (Å²) in [7, 11) is -0.522. The van der Waals surface area contributed by atoms with Crippen LogP contribution in [0.2, 0.25) is 0 Å².